The molecule has 2 aromatic carbocycles. The van der Waals surface area contributed by atoms with Crippen LogP contribution in [0.25, 0.3) is 11.3 Å². The maximum atomic E-state index is 13.4. The second-order valence-corrected chi connectivity index (χ2v) is 9.73. The maximum Gasteiger partial charge on any atom is 0.339 e. The highest BCUT2D eigenvalue weighted by Gasteiger charge is 2.32. The number of hydroxylamine groups is 2. The summed E-state index contributed by atoms with van der Waals surface area (Å²) in [7, 11) is 0. The fourth-order valence-corrected chi connectivity index (χ4v) is 4.68. The number of carboxylic acid groups (broad SMARTS) is 1. The van der Waals surface area contributed by atoms with E-state index in [4.69, 9.17) is 9.25 Å². The van der Waals surface area contributed by atoms with E-state index < -0.39 is 29.6 Å². The van der Waals surface area contributed by atoms with Gasteiger partial charge in [0.05, 0.1) is 30.5 Å². The Morgan fingerprint density at radius 1 is 1.02 bits per heavy atom. The van der Waals surface area contributed by atoms with Gasteiger partial charge in [0.25, 0.3) is 5.91 Å². The maximum absolute atomic E-state index is 13.4. The molecule has 0 radical (unpaired) electrons. The molecule has 0 unspecified atom stereocenters. The van der Waals surface area contributed by atoms with Crippen LogP contribution in [0.1, 0.15) is 72.2 Å². The average molecular weight is 580 g/mol. The molecule has 1 heterocycles. The third-order valence-electron chi connectivity index (χ3n) is 6.90. The van der Waals surface area contributed by atoms with Gasteiger partial charge >= 0.3 is 5.97 Å². The summed E-state index contributed by atoms with van der Waals surface area (Å²) in [5.41, 5.74) is 0.965. The fourth-order valence-electron chi connectivity index (χ4n) is 4.68. The Balaban J connectivity index is 1.67. The van der Waals surface area contributed by atoms with E-state index in [0.717, 1.165) is 24.8 Å². The third kappa shape index (κ3) is 8.43. The van der Waals surface area contributed by atoms with Gasteiger partial charge in [0, 0.05) is 5.56 Å². The topological polar surface area (TPSA) is 158 Å². The van der Waals surface area contributed by atoms with Gasteiger partial charge in [-0.2, -0.15) is 0 Å². The number of carbonyl (C=O) groups excluding carboxylic acids is 3. The van der Waals surface area contributed by atoms with Crippen molar-refractivity contribution in [3.63, 3.8) is 0 Å². The smallest absolute Gasteiger partial charge is 0.339 e. The first kappa shape index (κ1) is 31.9. The summed E-state index contributed by atoms with van der Waals surface area (Å²) in [4.78, 5) is 55.5. The number of hydrogen-bond donors (Lipinski definition) is 4. The van der Waals surface area contributed by atoms with Gasteiger partial charge < -0.3 is 25.3 Å². The Morgan fingerprint density at radius 2 is 1.79 bits per heavy atom. The predicted octanol–water partition coefficient (Wildman–Crippen LogP) is 4.72. The van der Waals surface area contributed by atoms with Crippen LogP contribution in [-0.4, -0.2) is 52.2 Å². The largest absolute Gasteiger partial charge is 0.507 e. The molecule has 0 fully saturated rings. The number of nitrogens with zero attached hydrogens (tertiary/aromatic N) is 1. The molecule has 0 aliphatic heterocycles. The van der Waals surface area contributed by atoms with Crippen LogP contribution in [0.3, 0.4) is 0 Å². The molecular formula is C31H37N3O8. The van der Waals surface area contributed by atoms with Crippen molar-refractivity contribution in [1.29, 1.82) is 0 Å². The molecule has 224 valence electrons. The highest BCUT2D eigenvalue weighted by atomic mass is 16.7. The van der Waals surface area contributed by atoms with Crippen LogP contribution < -0.4 is 10.6 Å². The molecule has 3 amide bonds. The van der Waals surface area contributed by atoms with Gasteiger partial charge in [-0.05, 0) is 42.7 Å². The lowest BCUT2D eigenvalue weighted by atomic mass is 9.90. The van der Waals surface area contributed by atoms with Crippen LogP contribution in [0, 0.1) is 5.92 Å². The van der Waals surface area contributed by atoms with E-state index in [0.29, 0.717) is 19.3 Å². The average Bonchev–Trinajstić information content (AvgIpc) is 3.49. The number of nitrogens with one attached hydrogen (secondary N) is 2. The molecule has 11 nitrogen and oxygen atoms in total. The molecule has 0 saturated carbocycles. The monoisotopic (exact) mass is 579 g/mol. The number of amides is 3. The summed E-state index contributed by atoms with van der Waals surface area (Å²) in [6.07, 6.45) is 5.56. The lowest BCUT2D eigenvalue weighted by molar-refractivity contribution is -0.200. The number of phenols is 1. The summed E-state index contributed by atoms with van der Waals surface area (Å²) >= 11 is 0. The highest BCUT2D eigenvalue weighted by Crippen LogP contribution is 2.29. The van der Waals surface area contributed by atoms with Crippen molar-refractivity contribution in [2.45, 2.75) is 58.6 Å². The summed E-state index contributed by atoms with van der Waals surface area (Å²) in [6.45, 7) is 3.93. The third-order valence-corrected chi connectivity index (χ3v) is 6.90. The number of carbonyl (C=O) groups is 4. The first-order chi connectivity index (χ1) is 20.3. The normalized spacial score (nSPS) is 12.2. The second-order valence-electron chi connectivity index (χ2n) is 9.73. The van der Waals surface area contributed by atoms with Gasteiger partial charge in [0.2, 0.25) is 12.3 Å². The zero-order valence-electron chi connectivity index (χ0n) is 23.7. The molecule has 4 N–H and O–H groups in total. The number of unbranched alkanes of at least 4 members (excludes halogenated alkanes) is 2. The predicted molar refractivity (Wildman–Crippen MR) is 154 cm³/mol. The van der Waals surface area contributed by atoms with Crippen LogP contribution in [-0.2, 0) is 21.0 Å². The molecule has 0 saturated heterocycles. The van der Waals surface area contributed by atoms with Crippen LogP contribution in [0.5, 0.6) is 5.75 Å². The molecule has 0 spiro atoms. The number of aromatic carboxylic acids is 1. The Bertz CT molecular complexity index is 1340. The van der Waals surface area contributed by atoms with Crippen LogP contribution >= 0.6 is 0 Å². The number of aromatic hydroxyl groups is 1. The Morgan fingerprint density at radius 3 is 2.45 bits per heavy atom. The number of benzene rings is 2. The lowest BCUT2D eigenvalue weighted by Gasteiger charge is -2.32. The second kappa shape index (κ2) is 16.0. The molecule has 0 aliphatic carbocycles. The van der Waals surface area contributed by atoms with Crippen molar-refractivity contribution in [1.82, 2.24) is 15.7 Å². The first-order valence-electron chi connectivity index (χ1n) is 13.9. The minimum atomic E-state index is -1.33. The van der Waals surface area contributed by atoms with E-state index in [1.807, 2.05) is 37.3 Å². The zero-order valence-corrected chi connectivity index (χ0v) is 23.7. The minimum absolute atomic E-state index is 0.113. The van der Waals surface area contributed by atoms with Crippen molar-refractivity contribution >= 4 is 24.2 Å². The van der Waals surface area contributed by atoms with Crippen LogP contribution in [0.4, 0.5) is 0 Å². The first-order valence-corrected chi connectivity index (χ1v) is 13.9. The molecular weight excluding hydrogens is 542 g/mol. The van der Waals surface area contributed by atoms with E-state index in [1.54, 1.807) is 0 Å². The van der Waals surface area contributed by atoms with Crippen LogP contribution in [0.15, 0.2) is 65.3 Å². The van der Waals surface area contributed by atoms with Gasteiger partial charge in [-0.3, -0.25) is 19.2 Å². The molecule has 2 atom stereocenters. The van der Waals surface area contributed by atoms with Gasteiger partial charge in [-0.25, -0.2) is 9.86 Å². The van der Waals surface area contributed by atoms with Crippen molar-refractivity contribution in [2.24, 2.45) is 5.92 Å². The standard InChI is InChI=1S/C31H37N3O8/c1-3-5-7-12-23(26(4-2)34(20-35)42-18-21-10-8-6-9-11-21)29(37)32-19-33-30(38)24-15-16-41-28(24)22-13-14-27(36)25(17-22)31(39)40/h6,8-11,13-17,20,23,26,36H,3-5,7,12,18-19H2,1-2H3,(H,32,37)(H,33,38)(H,39,40)/t23-,26-/m1/s1. The quantitative estimate of drug-likeness (QED) is 0.0774. The van der Waals surface area contributed by atoms with Crippen molar-refractivity contribution in [3.05, 3.63) is 77.6 Å². The minimum Gasteiger partial charge on any atom is -0.507 e. The van der Waals surface area contributed by atoms with Gasteiger partial charge in [-0.1, -0.05) is 63.4 Å². The number of rotatable bonds is 17. The molecule has 3 aromatic rings. The SMILES string of the molecule is CCCCC[C@@H](C(=O)NCNC(=O)c1ccoc1-c1ccc(O)c(C(=O)O)c1)[C@@H](CC)N(C=O)OCc1ccccc1. The Labute approximate surface area is 244 Å². The van der Waals surface area contributed by atoms with E-state index in [9.17, 15) is 29.4 Å². The van der Waals surface area contributed by atoms with Crippen molar-refractivity contribution in [2.75, 3.05) is 6.67 Å². The summed E-state index contributed by atoms with van der Waals surface area (Å²) in [5.74, 6) is -3.08. The molecule has 3 rings (SSSR count). The van der Waals surface area contributed by atoms with E-state index in [1.165, 1.54) is 35.6 Å². The summed E-state index contributed by atoms with van der Waals surface area (Å²) in [5, 5.41) is 25.7. The van der Waals surface area contributed by atoms with Crippen molar-refractivity contribution in [3.8, 4) is 17.1 Å². The molecule has 0 aliphatic rings. The highest BCUT2D eigenvalue weighted by molar-refractivity contribution is 6.00. The van der Waals surface area contributed by atoms with E-state index in [-0.39, 0.29) is 41.6 Å². The summed E-state index contributed by atoms with van der Waals surface area (Å²) < 4.78 is 5.43. The van der Waals surface area contributed by atoms with E-state index in [2.05, 4.69) is 17.6 Å². The number of carboxylic acids is 1. The van der Waals surface area contributed by atoms with E-state index >= 15 is 0 Å². The van der Waals surface area contributed by atoms with Crippen molar-refractivity contribution < 1.29 is 38.6 Å². The Hall–Kier alpha value is -4.64. The van der Waals surface area contributed by atoms with Crippen LogP contribution in [0.2, 0.25) is 0 Å². The molecule has 42 heavy (non-hydrogen) atoms. The number of hydrogen-bond acceptors (Lipinski definition) is 7. The fraction of sp³-hybridized carbons (Fsp3) is 0.355. The van der Waals surface area contributed by atoms with Gasteiger partial charge in [0.15, 0.2) is 0 Å². The van der Waals surface area contributed by atoms with Gasteiger partial charge in [-0.15, -0.1) is 0 Å². The zero-order chi connectivity index (χ0) is 30.5. The summed E-state index contributed by atoms with van der Waals surface area (Å²) in [6, 6.07) is 14.2. The lowest BCUT2D eigenvalue weighted by Crippen LogP contribution is -2.48. The molecule has 0 bridgehead atoms. The number of furan rings is 1. The Kier molecular flexibility index (Phi) is 12.1. The molecule has 1 aromatic heterocycles. The van der Waals surface area contributed by atoms with Gasteiger partial charge in [0.1, 0.15) is 23.7 Å². The molecule has 11 heteroatoms.